The average Bonchev–Trinajstić information content (AvgIpc) is 2.67. The van der Waals surface area contributed by atoms with Gasteiger partial charge in [-0.3, -0.25) is 14.4 Å². The predicted molar refractivity (Wildman–Crippen MR) is 107 cm³/mol. The number of carbonyl (C=O) groups is 3. The number of carbonyl (C=O) groups excluding carboxylic acids is 3. The summed E-state index contributed by atoms with van der Waals surface area (Å²) >= 11 is 0. The van der Waals surface area contributed by atoms with Crippen LogP contribution in [-0.4, -0.2) is 24.2 Å². The molecule has 0 spiro atoms. The summed E-state index contributed by atoms with van der Waals surface area (Å²) in [5, 5.41) is 5.68. The Labute approximate surface area is 164 Å². The molecule has 0 saturated heterocycles. The Balaban J connectivity index is 1.68. The van der Waals surface area contributed by atoms with Crippen LogP contribution >= 0.6 is 0 Å². The highest BCUT2D eigenvalue weighted by Gasteiger charge is 2.21. The van der Waals surface area contributed by atoms with E-state index < -0.39 is 0 Å². The molecule has 6 heteroatoms. The van der Waals surface area contributed by atoms with Crippen LogP contribution in [0.15, 0.2) is 42.5 Å². The molecule has 1 aliphatic carbocycles. The van der Waals surface area contributed by atoms with Crippen molar-refractivity contribution < 1.29 is 19.1 Å². The third-order valence-corrected chi connectivity index (χ3v) is 4.76. The number of anilines is 1. The molecule has 0 saturated carbocycles. The number of hydrogen-bond donors (Lipinski definition) is 2. The fourth-order valence-electron chi connectivity index (χ4n) is 3.44. The van der Waals surface area contributed by atoms with Gasteiger partial charge in [0.2, 0.25) is 5.91 Å². The van der Waals surface area contributed by atoms with E-state index in [2.05, 4.69) is 16.7 Å². The number of ether oxygens (including phenoxy) is 1. The Morgan fingerprint density at radius 2 is 1.89 bits per heavy atom. The van der Waals surface area contributed by atoms with Gasteiger partial charge in [0.05, 0.1) is 11.7 Å². The minimum atomic E-state index is -0.260. The largest absolute Gasteiger partial charge is 0.482 e. The Kier molecular flexibility index (Phi) is 6.09. The number of Topliss-reactive ketones (excluding diaryl/α,β-unsaturated/α-hetero) is 1. The van der Waals surface area contributed by atoms with E-state index >= 15 is 0 Å². The third kappa shape index (κ3) is 4.76. The van der Waals surface area contributed by atoms with Gasteiger partial charge in [-0.05, 0) is 55.5 Å². The Morgan fingerprint density at radius 1 is 1.11 bits per heavy atom. The highest BCUT2D eigenvalue weighted by molar-refractivity contribution is 5.96. The lowest BCUT2D eigenvalue weighted by molar-refractivity contribution is -0.124. The second-order valence-corrected chi connectivity index (χ2v) is 6.95. The minimum Gasteiger partial charge on any atom is -0.482 e. The van der Waals surface area contributed by atoms with Crippen LogP contribution in [0.2, 0.25) is 0 Å². The van der Waals surface area contributed by atoms with Crippen LogP contribution < -0.4 is 15.4 Å². The number of fused-ring (bicyclic) bond motifs is 1. The molecule has 6 nitrogen and oxygen atoms in total. The molecule has 0 aromatic heterocycles. The van der Waals surface area contributed by atoms with Crippen molar-refractivity contribution in [2.24, 2.45) is 0 Å². The molecule has 3 rings (SSSR count). The monoisotopic (exact) mass is 380 g/mol. The quantitative estimate of drug-likeness (QED) is 0.752. The van der Waals surface area contributed by atoms with Crippen LogP contribution in [-0.2, 0) is 16.0 Å². The first-order chi connectivity index (χ1) is 13.4. The number of amides is 2. The molecule has 0 fully saturated rings. The smallest absolute Gasteiger partial charge is 0.258 e. The van der Waals surface area contributed by atoms with E-state index in [9.17, 15) is 14.4 Å². The van der Waals surface area contributed by atoms with Gasteiger partial charge in [-0.1, -0.05) is 24.3 Å². The molecule has 0 bridgehead atoms. The van der Waals surface area contributed by atoms with Crippen molar-refractivity contribution in [2.75, 3.05) is 11.9 Å². The lowest BCUT2D eigenvalue weighted by Crippen LogP contribution is -2.34. The maximum absolute atomic E-state index is 12.5. The molecule has 2 aromatic rings. The Bertz CT molecular complexity index is 907. The molecule has 0 unspecified atom stereocenters. The maximum atomic E-state index is 12.5. The number of ketones is 1. The van der Waals surface area contributed by atoms with Crippen molar-refractivity contribution in [1.29, 1.82) is 0 Å². The molecular weight excluding hydrogens is 356 g/mol. The van der Waals surface area contributed by atoms with Crippen molar-refractivity contribution >= 4 is 23.3 Å². The SMILES string of the molecule is CC(=O)Nc1ccc(C(C)=O)cc1OCC(=O)N[C@@H]1CCCc2ccccc21. The first-order valence-electron chi connectivity index (χ1n) is 9.36. The molecule has 2 aromatic carbocycles. The van der Waals surface area contributed by atoms with Crippen molar-refractivity contribution in [3.63, 3.8) is 0 Å². The second kappa shape index (κ2) is 8.69. The van der Waals surface area contributed by atoms with Crippen molar-refractivity contribution in [2.45, 2.75) is 39.2 Å². The van der Waals surface area contributed by atoms with E-state index in [1.165, 1.54) is 25.5 Å². The standard InChI is InChI=1S/C22H24N2O4/c1-14(25)17-10-11-20(23-15(2)26)21(12-17)28-13-22(27)24-19-9-5-7-16-6-3-4-8-18(16)19/h3-4,6,8,10-12,19H,5,7,9,13H2,1-2H3,(H,23,26)(H,24,27)/t19-/m1/s1. The van der Waals surface area contributed by atoms with E-state index in [0.717, 1.165) is 24.8 Å². The van der Waals surface area contributed by atoms with Crippen molar-refractivity contribution in [3.8, 4) is 5.75 Å². The number of aryl methyl sites for hydroxylation is 1. The highest BCUT2D eigenvalue weighted by Crippen LogP contribution is 2.30. The fourth-order valence-corrected chi connectivity index (χ4v) is 3.44. The number of benzene rings is 2. The van der Waals surface area contributed by atoms with Crippen LogP contribution in [0.25, 0.3) is 0 Å². The van der Waals surface area contributed by atoms with E-state index in [4.69, 9.17) is 4.74 Å². The van der Waals surface area contributed by atoms with Gasteiger partial charge < -0.3 is 15.4 Å². The second-order valence-electron chi connectivity index (χ2n) is 6.95. The van der Waals surface area contributed by atoms with E-state index in [1.807, 2.05) is 18.2 Å². The zero-order valence-electron chi connectivity index (χ0n) is 16.1. The maximum Gasteiger partial charge on any atom is 0.258 e. The van der Waals surface area contributed by atoms with Gasteiger partial charge in [0.1, 0.15) is 5.75 Å². The molecule has 1 aliphatic rings. The summed E-state index contributed by atoms with van der Waals surface area (Å²) in [4.78, 5) is 35.5. The Hall–Kier alpha value is -3.15. The predicted octanol–water partition coefficient (Wildman–Crippen LogP) is 3.42. The van der Waals surface area contributed by atoms with Crippen LogP contribution in [0.1, 0.15) is 54.2 Å². The molecular formula is C22H24N2O4. The van der Waals surface area contributed by atoms with Crippen LogP contribution in [0.4, 0.5) is 5.69 Å². The summed E-state index contributed by atoms with van der Waals surface area (Å²) in [5.41, 5.74) is 3.29. The molecule has 2 N–H and O–H groups in total. The van der Waals surface area contributed by atoms with Gasteiger partial charge in [-0.25, -0.2) is 0 Å². The first kappa shape index (κ1) is 19.6. The molecule has 0 radical (unpaired) electrons. The van der Waals surface area contributed by atoms with Crippen molar-refractivity contribution in [3.05, 3.63) is 59.2 Å². The average molecular weight is 380 g/mol. The summed E-state index contributed by atoms with van der Waals surface area (Å²) in [6.45, 7) is 2.63. The van der Waals surface area contributed by atoms with E-state index in [0.29, 0.717) is 17.0 Å². The summed E-state index contributed by atoms with van der Waals surface area (Å²) in [6.07, 6.45) is 2.94. The summed E-state index contributed by atoms with van der Waals surface area (Å²) in [7, 11) is 0. The summed E-state index contributed by atoms with van der Waals surface area (Å²) in [6, 6.07) is 12.9. The lowest BCUT2D eigenvalue weighted by atomic mass is 9.88. The molecule has 0 heterocycles. The first-order valence-corrected chi connectivity index (χ1v) is 9.36. The van der Waals surface area contributed by atoms with Crippen LogP contribution in [0.3, 0.4) is 0 Å². The fraction of sp³-hybridized carbons (Fsp3) is 0.318. The van der Waals surface area contributed by atoms with E-state index in [-0.39, 0.29) is 30.2 Å². The number of rotatable bonds is 6. The van der Waals surface area contributed by atoms with Gasteiger partial charge in [-0.2, -0.15) is 0 Å². The Morgan fingerprint density at radius 3 is 2.64 bits per heavy atom. The van der Waals surface area contributed by atoms with Crippen LogP contribution in [0, 0.1) is 0 Å². The summed E-state index contributed by atoms with van der Waals surface area (Å²) < 4.78 is 5.64. The normalized spacial score (nSPS) is 15.3. The third-order valence-electron chi connectivity index (χ3n) is 4.76. The lowest BCUT2D eigenvalue weighted by Gasteiger charge is -2.26. The molecule has 1 atom stereocenters. The van der Waals surface area contributed by atoms with Gasteiger partial charge in [0.15, 0.2) is 12.4 Å². The van der Waals surface area contributed by atoms with Crippen molar-refractivity contribution in [1.82, 2.24) is 5.32 Å². The molecule has 28 heavy (non-hydrogen) atoms. The molecule has 2 amide bonds. The molecule has 146 valence electrons. The van der Waals surface area contributed by atoms with E-state index in [1.54, 1.807) is 12.1 Å². The molecule has 0 aliphatic heterocycles. The van der Waals surface area contributed by atoms with Gasteiger partial charge in [0, 0.05) is 12.5 Å². The van der Waals surface area contributed by atoms with Gasteiger partial charge in [0.25, 0.3) is 5.91 Å². The zero-order valence-corrected chi connectivity index (χ0v) is 16.1. The topological polar surface area (TPSA) is 84.5 Å². The van der Waals surface area contributed by atoms with Gasteiger partial charge >= 0.3 is 0 Å². The number of nitrogens with one attached hydrogen (secondary N) is 2. The minimum absolute atomic E-state index is 0.0283. The highest BCUT2D eigenvalue weighted by atomic mass is 16.5. The number of hydrogen-bond acceptors (Lipinski definition) is 4. The van der Waals surface area contributed by atoms with Crippen LogP contribution in [0.5, 0.6) is 5.75 Å². The summed E-state index contributed by atoms with van der Waals surface area (Å²) in [5.74, 6) is -0.336. The zero-order chi connectivity index (χ0) is 20.1. The van der Waals surface area contributed by atoms with Gasteiger partial charge in [-0.15, -0.1) is 0 Å².